The molecule has 0 fully saturated rings. The Bertz CT molecular complexity index is 456. The highest BCUT2D eigenvalue weighted by molar-refractivity contribution is 9.10. The van der Waals surface area contributed by atoms with E-state index in [2.05, 4.69) is 20.9 Å². The zero-order chi connectivity index (χ0) is 9.97. The fraction of sp³-hybridized carbons (Fsp3) is 0.182. The molecule has 0 saturated heterocycles. The number of aliphatic hydroxyl groups excluding tert-OH is 1. The highest BCUT2D eigenvalue weighted by Gasteiger charge is 2.03. The van der Waals surface area contributed by atoms with Crippen LogP contribution in [0.15, 0.2) is 34.9 Å². The van der Waals surface area contributed by atoms with Crippen LogP contribution in [0.25, 0.3) is 10.9 Å². The van der Waals surface area contributed by atoms with E-state index >= 15 is 0 Å². The lowest BCUT2D eigenvalue weighted by Gasteiger charge is -2.04. The minimum absolute atomic E-state index is 0.172. The van der Waals surface area contributed by atoms with E-state index < -0.39 is 0 Å². The summed E-state index contributed by atoms with van der Waals surface area (Å²) >= 11 is 3.46. The Labute approximate surface area is 90.7 Å². The van der Waals surface area contributed by atoms with Crippen LogP contribution in [0.3, 0.4) is 0 Å². The van der Waals surface area contributed by atoms with Crippen molar-refractivity contribution in [3.63, 3.8) is 0 Å². The van der Waals surface area contributed by atoms with E-state index in [0.29, 0.717) is 6.42 Å². The summed E-state index contributed by atoms with van der Waals surface area (Å²) in [4.78, 5) is 4.30. The number of pyridine rings is 1. The Hall–Kier alpha value is -0.930. The average molecular weight is 252 g/mol. The Morgan fingerprint density at radius 1 is 1.29 bits per heavy atom. The average Bonchev–Trinajstić information content (AvgIpc) is 2.20. The van der Waals surface area contributed by atoms with Gasteiger partial charge in [-0.25, -0.2) is 0 Å². The summed E-state index contributed by atoms with van der Waals surface area (Å²) in [5.74, 6) is 0. The molecule has 0 atom stereocenters. The van der Waals surface area contributed by atoms with Crippen LogP contribution in [0, 0.1) is 0 Å². The minimum Gasteiger partial charge on any atom is -0.396 e. The summed E-state index contributed by atoms with van der Waals surface area (Å²) in [7, 11) is 0. The van der Waals surface area contributed by atoms with Crippen molar-refractivity contribution >= 4 is 26.8 Å². The van der Waals surface area contributed by atoms with Gasteiger partial charge in [0.2, 0.25) is 0 Å². The maximum absolute atomic E-state index is 8.92. The molecule has 0 aliphatic heterocycles. The predicted octanol–water partition coefficient (Wildman–Crippen LogP) is 2.53. The topological polar surface area (TPSA) is 33.1 Å². The Morgan fingerprint density at radius 3 is 2.93 bits per heavy atom. The van der Waals surface area contributed by atoms with Gasteiger partial charge in [-0.1, -0.05) is 12.1 Å². The lowest BCUT2D eigenvalue weighted by atomic mass is 10.1. The molecule has 1 N–H and O–H groups in total. The van der Waals surface area contributed by atoms with E-state index in [9.17, 15) is 0 Å². The van der Waals surface area contributed by atoms with Gasteiger partial charge in [-0.05, 0) is 40.0 Å². The lowest BCUT2D eigenvalue weighted by molar-refractivity contribution is 0.300. The van der Waals surface area contributed by atoms with E-state index in [1.54, 1.807) is 6.20 Å². The lowest BCUT2D eigenvalue weighted by Crippen LogP contribution is -1.93. The molecular formula is C11H10BrNO. The molecule has 0 saturated carbocycles. The molecule has 0 aliphatic carbocycles. The number of aliphatic hydroxyl groups is 1. The van der Waals surface area contributed by atoms with Gasteiger partial charge in [0.25, 0.3) is 0 Å². The van der Waals surface area contributed by atoms with Crippen LogP contribution < -0.4 is 0 Å². The van der Waals surface area contributed by atoms with Crippen LogP contribution in [0.5, 0.6) is 0 Å². The normalized spacial score (nSPS) is 10.7. The van der Waals surface area contributed by atoms with Crippen molar-refractivity contribution in [2.45, 2.75) is 6.42 Å². The first-order chi connectivity index (χ1) is 6.83. The third-order valence-electron chi connectivity index (χ3n) is 2.19. The van der Waals surface area contributed by atoms with Gasteiger partial charge in [0, 0.05) is 22.7 Å². The Kier molecular flexibility index (Phi) is 2.79. The number of benzene rings is 1. The summed E-state index contributed by atoms with van der Waals surface area (Å²) in [6.45, 7) is 0.172. The van der Waals surface area contributed by atoms with Gasteiger partial charge < -0.3 is 5.11 Å². The van der Waals surface area contributed by atoms with Crippen LogP contribution in [0.4, 0.5) is 0 Å². The van der Waals surface area contributed by atoms with Crippen molar-refractivity contribution in [1.29, 1.82) is 0 Å². The number of hydrogen-bond acceptors (Lipinski definition) is 2. The molecule has 2 nitrogen and oxygen atoms in total. The molecule has 0 bridgehead atoms. The molecule has 1 aromatic heterocycles. The Balaban J connectivity index is 2.68. The van der Waals surface area contributed by atoms with Gasteiger partial charge in [0.1, 0.15) is 0 Å². The van der Waals surface area contributed by atoms with E-state index in [4.69, 9.17) is 5.11 Å². The van der Waals surface area contributed by atoms with Gasteiger partial charge in [-0.2, -0.15) is 0 Å². The highest BCUT2D eigenvalue weighted by Crippen LogP contribution is 2.24. The van der Waals surface area contributed by atoms with E-state index in [1.165, 1.54) is 0 Å². The summed E-state index contributed by atoms with van der Waals surface area (Å²) in [5, 5.41) is 10.0. The summed E-state index contributed by atoms with van der Waals surface area (Å²) in [5.41, 5.74) is 2.09. The van der Waals surface area contributed by atoms with Crippen molar-refractivity contribution < 1.29 is 5.11 Å². The number of para-hydroxylation sites is 1. The van der Waals surface area contributed by atoms with E-state index in [-0.39, 0.29) is 6.61 Å². The smallest absolute Gasteiger partial charge is 0.0846 e. The van der Waals surface area contributed by atoms with Gasteiger partial charge in [0.15, 0.2) is 0 Å². The first kappa shape index (κ1) is 9.62. The van der Waals surface area contributed by atoms with Crippen LogP contribution >= 0.6 is 15.9 Å². The van der Waals surface area contributed by atoms with Crippen LogP contribution in [-0.4, -0.2) is 16.7 Å². The minimum atomic E-state index is 0.172. The second-order valence-corrected chi connectivity index (χ2v) is 3.93. The number of hydrogen-bond donors (Lipinski definition) is 1. The van der Waals surface area contributed by atoms with Crippen molar-refractivity contribution in [3.8, 4) is 0 Å². The van der Waals surface area contributed by atoms with Gasteiger partial charge in [0.05, 0.1) is 5.52 Å². The predicted molar refractivity (Wildman–Crippen MR) is 60.2 cm³/mol. The van der Waals surface area contributed by atoms with Crippen LogP contribution in [-0.2, 0) is 6.42 Å². The molecule has 0 radical (unpaired) electrons. The maximum atomic E-state index is 8.92. The Morgan fingerprint density at radius 2 is 2.14 bits per heavy atom. The molecule has 2 aromatic rings. The summed E-state index contributed by atoms with van der Waals surface area (Å²) in [6.07, 6.45) is 2.45. The van der Waals surface area contributed by atoms with Crippen molar-refractivity contribution in [1.82, 2.24) is 4.98 Å². The van der Waals surface area contributed by atoms with E-state index in [0.717, 1.165) is 20.9 Å². The third-order valence-corrected chi connectivity index (χ3v) is 2.83. The zero-order valence-corrected chi connectivity index (χ0v) is 9.16. The molecule has 2 rings (SSSR count). The van der Waals surface area contributed by atoms with Gasteiger partial charge in [-0.3, -0.25) is 4.98 Å². The summed E-state index contributed by atoms with van der Waals surface area (Å²) in [6, 6.07) is 7.93. The molecule has 1 aromatic carbocycles. The number of rotatable bonds is 2. The monoisotopic (exact) mass is 251 g/mol. The molecule has 0 aliphatic rings. The molecule has 0 spiro atoms. The fourth-order valence-corrected chi connectivity index (χ4v) is 2.00. The number of fused-ring (bicyclic) bond motifs is 1. The van der Waals surface area contributed by atoms with Gasteiger partial charge in [-0.15, -0.1) is 0 Å². The standard InChI is InChI=1S/C11H10BrNO/c12-10-3-1-2-9-8(5-7-14)4-6-13-11(9)10/h1-4,6,14H,5,7H2. The van der Waals surface area contributed by atoms with E-state index in [1.807, 2.05) is 24.3 Å². The van der Waals surface area contributed by atoms with Crippen molar-refractivity contribution in [2.24, 2.45) is 0 Å². The first-order valence-electron chi connectivity index (χ1n) is 4.46. The largest absolute Gasteiger partial charge is 0.396 e. The fourth-order valence-electron chi connectivity index (χ4n) is 1.54. The first-order valence-corrected chi connectivity index (χ1v) is 5.25. The maximum Gasteiger partial charge on any atom is 0.0846 e. The molecule has 0 unspecified atom stereocenters. The zero-order valence-electron chi connectivity index (χ0n) is 7.57. The molecule has 3 heteroatoms. The molecular weight excluding hydrogens is 242 g/mol. The van der Waals surface area contributed by atoms with Crippen molar-refractivity contribution in [3.05, 3.63) is 40.5 Å². The SMILES string of the molecule is OCCc1ccnc2c(Br)cccc12. The third kappa shape index (κ3) is 1.65. The van der Waals surface area contributed by atoms with Crippen molar-refractivity contribution in [2.75, 3.05) is 6.61 Å². The van der Waals surface area contributed by atoms with Crippen LogP contribution in [0.1, 0.15) is 5.56 Å². The molecule has 72 valence electrons. The molecule has 14 heavy (non-hydrogen) atoms. The molecule has 1 heterocycles. The number of aromatic nitrogens is 1. The van der Waals surface area contributed by atoms with Gasteiger partial charge >= 0.3 is 0 Å². The van der Waals surface area contributed by atoms with Crippen LogP contribution in [0.2, 0.25) is 0 Å². The number of nitrogens with zero attached hydrogens (tertiary/aromatic N) is 1. The second kappa shape index (κ2) is 4.07. The highest BCUT2D eigenvalue weighted by atomic mass is 79.9. The quantitative estimate of drug-likeness (QED) is 0.890. The summed E-state index contributed by atoms with van der Waals surface area (Å²) < 4.78 is 0.995. The second-order valence-electron chi connectivity index (χ2n) is 3.08. The molecule has 0 amide bonds. The number of halogens is 1.